The lowest BCUT2D eigenvalue weighted by Crippen LogP contribution is -2.16. The SMILES string of the molecule is N#Cc1ccc(C#N)c(C2C=C(c3ccccc3)C(n3c4ccccc4c4c3ccc3c5ccccc5n(-c5ccccc5)c34)=CC2c2ccccc2)c1. The van der Waals surface area contributed by atoms with E-state index in [1.54, 1.807) is 12.1 Å². The van der Waals surface area contributed by atoms with Gasteiger partial charge in [0, 0.05) is 44.6 Å². The van der Waals surface area contributed by atoms with Gasteiger partial charge < -0.3 is 9.13 Å². The van der Waals surface area contributed by atoms with Gasteiger partial charge in [0.1, 0.15) is 0 Å². The summed E-state index contributed by atoms with van der Waals surface area (Å²) in [4.78, 5) is 0. The molecule has 1 aliphatic rings. The van der Waals surface area contributed by atoms with Gasteiger partial charge in [0.05, 0.1) is 51.0 Å². The van der Waals surface area contributed by atoms with Crippen LogP contribution in [0, 0.1) is 22.7 Å². The lowest BCUT2D eigenvalue weighted by molar-refractivity contribution is 0.729. The van der Waals surface area contributed by atoms with Crippen molar-refractivity contribution < 1.29 is 0 Å². The van der Waals surface area contributed by atoms with Crippen molar-refractivity contribution in [3.63, 3.8) is 0 Å². The van der Waals surface area contributed by atoms with E-state index in [1.807, 2.05) is 18.2 Å². The van der Waals surface area contributed by atoms with Crippen molar-refractivity contribution in [3.05, 3.63) is 210 Å². The number of rotatable bonds is 5. The first-order valence-corrected chi connectivity index (χ1v) is 18.2. The molecule has 1 aliphatic carbocycles. The molecule has 0 spiro atoms. The second kappa shape index (κ2) is 12.7. The third kappa shape index (κ3) is 4.82. The first kappa shape index (κ1) is 31.3. The second-order valence-electron chi connectivity index (χ2n) is 13.9. The molecule has 0 radical (unpaired) electrons. The summed E-state index contributed by atoms with van der Waals surface area (Å²) in [5, 5.41) is 25.1. The number of para-hydroxylation sites is 3. The topological polar surface area (TPSA) is 57.4 Å². The van der Waals surface area contributed by atoms with Gasteiger partial charge in [-0.05, 0) is 65.2 Å². The Labute approximate surface area is 313 Å². The fourth-order valence-corrected chi connectivity index (χ4v) is 8.67. The second-order valence-corrected chi connectivity index (χ2v) is 13.9. The summed E-state index contributed by atoms with van der Waals surface area (Å²) < 4.78 is 4.86. The van der Waals surface area contributed by atoms with Crippen LogP contribution in [0.4, 0.5) is 0 Å². The summed E-state index contributed by atoms with van der Waals surface area (Å²) >= 11 is 0. The molecule has 9 aromatic rings. The Morgan fingerprint density at radius 3 is 1.85 bits per heavy atom. The van der Waals surface area contributed by atoms with Crippen LogP contribution in [0.1, 0.15) is 39.7 Å². The van der Waals surface area contributed by atoms with E-state index in [2.05, 4.69) is 173 Å². The molecule has 2 atom stereocenters. The molecular weight excluding hydrogens is 657 g/mol. The number of hydrogen-bond acceptors (Lipinski definition) is 2. The molecule has 0 bridgehead atoms. The van der Waals surface area contributed by atoms with Crippen molar-refractivity contribution in [1.82, 2.24) is 9.13 Å². The Morgan fingerprint density at radius 1 is 0.481 bits per heavy atom. The quantitative estimate of drug-likeness (QED) is 0.181. The smallest absolute Gasteiger partial charge is 0.0994 e. The van der Waals surface area contributed by atoms with Crippen LogP contribution < -0.4 is 0 Å². The van der Waals surface area contributed by atoms with Crippen molar-refractivity contribution in [3.8, 4) is 17.8 Å². The average molecular weight is 689 g/mol. The highest BCUT2D eigenvalue weighted by atomic mass is 15.0. The van der Waals surface area contributed by atoms with Gasteiger partial charge in [0.15, 0.2) is 0 Å². The molecule has 0 saturated carbocycles. The Morgan fingerprint density at radius 2 is 1.13 bits per heavy atom. The number of hydrogen-bond donors (Lipinski definition) is 0. The van der Waals surface area contributed by atoms with Crippen LogP contribution in [-0.2, 0) is 0 Å². The molecule has 7 aromatic carbocycles. The number of allylic oxidation sites excluding steroid dienone is 4. The van der Waals surface area contributed by atoms with Crippen LogP contribution >= 0.6 is 0 Å². The van der Waals surface area contributed by atoms with Gasteiger partial charge in [0.25, 0.3) is 0 Å². The minimum absolute atomic E-state index is 0.120. The normalized spacial score (nSPS) is 15.6. The van der Waals surface area contributed by atoms with Gasteiger partial charge in [-0.15, -0.1) is 0 Å². The summed E-state index contributed by atoms with van der Waals surface area (Å²) in [7, 11) is 0. The summed E-state index contributed by atoms with van der Waals surface area (Å²) in [6.07, 6.45) is 4.73. The molecule has 2 heterocycles. The lowest BCUT2D eigenvalue weighted by atomic mass is 9.74. The molecule has 2 unspecified atom stereocenters. The maximum Gasteiger partial charge on any atom is 0.0994 e. The third-order valence-corrected chi connectivity index (χ3v) is 11.0. The molecular formula is C50H32N4. The third-order valence-electron chi connectivity index (χ3n) is 11.0. The largest absolute Gasteiger partial charge is 0.309 e. The Kier molecular flexibility index (Phi) is 7.36. The fraction of sp³-hybridized carbons (Fsp3) is 0.0400. The molecule has 0 aliphatic heterocycles. The molecule has 0 amide bonds. The predicted octanol–water partition coefficient (Wildman–Crippen LogP) is 12.1. The summed E-state index contributed by atoms with van der Waals surface area (Å²) in [6.45, 7) is 0. The number of nitrogens with zero attached hydrogens (tertiary/aromatic N) is 4. The van der Waals surface area contributed by atoms with E-state index in [-0.39, 0.29) is 11.8 Å². The lowest BCUT2D eigenvalue weighted by Gasteiger charge is -2.32. The molecule has 2 aromatic heterocycles. The predicted molar refractivity (Wildman–Crippen MR) is 220 cm³/mol. The van der Waals surface area contributed by atoms with Gasteiger partial charge in [-0.1, -0.05) is 133 Å². The first-order valence-electron chi connectivity index (χ1n) is 18.2. The van der Waals surface area contributed by atoms with E-state index in [0.29, 0.717) is 11.1 Å². The van der Waals surface area contributed by atoms with E-state index in [0.717, 1.165) is 44.7 Å². The molecule has 252 valence electrons. The zero-order chi connectivity index (χ0) is 36.2. The molecule has 10 rings (SSSR count). The summed E-state index contributed by atoms with van der Waals surface area (Å²) in [5.41, 5.74) is 12.1. The van der Waals surface area contributed by atoms with Crippen molar-refractivity contribution in [2.24, 2.45) is 0 Å². The number of nitriles is 2. The van der Waals surface area contributed by atoms with Crippen LogP contribution in [0.15, 0.2) is 182 Å². The van der Waals surface area contributed by atoms with Gasteiger partial charge in [-0.2, -0.15) is 10.5 Å². The Hall–Kier alpha value is -7.40. The highest BCUT2D eigenvalue weighted by Gasteiger charge is 2.32. The van der Waals surface area contributed by atoms with Crippen LogP contribution in [0.2, 0.25) is 0 Å². The van der Waals surface area contributed by atoms with Crippen molar-refractivity contribution in [2.45, 2.75) is 11.8 Å². The van der Waals surface area contributed by atoms with E-state index in [9.17, 15) is 10.5 Å². The number of aromatic nitrogens is 2. The molecule has 54 heavy (non-hydrogen) atoms. The first-order chi connectivity index (χ1) is 26.7. The average Bonchev–Trinajstić information content (AvgIpc) is 3.77. The number of fused-ring (bicyclic) bond motifs is 7. The van der Waals surface area contributed by atoms with Crippen molar-refractivity contribution in [2.75, 3.05) is 0 Å². The molecule has 0 N–H and O–H groups in total. The zero-order valence-electron chi connectivity index (χ0n) is 29.3. The van der Waals surface area contributed by atoms with Gasteiger partial charge in [-0.25, -0.2) is 0 Å². The van der Waals surface area contributed by atoms with Gasteiger partial charge in [-0.3, -0.25) is 0 Å². The minimum atomic E-state index is -0.199. The molecule has 0 saturated heterocycles. The van der Waals surface area contributed by atoms with Gasteiger partial charge >= 0.3 is 0 Å². The van der Waals surface area contributed by atoms with Crippen LogP contribution in [-0.4, -0.2) is 9.13 Å². The summed E-state index contributed by atoms with van der Waals surface area (Å²) in [6, 6.07) is 63.9. The van der Waals surface area contributed by atoms with Crippen molar-refractivity contribution >= 4 is 54.9 Å². The standard InChI is InChI=1S/C50H32N4/c51-31-33-24-25-36(32-52)41(28-33)44-29-43(35-16-6-2-7-17-35)48(30-42(44)34-14-4-1-5-15-34)54-46-23-13-11-21-40(46)49-47(54)27-26-39-38-20-10-12-22-45(38)53(50(39)49)37-18-8-3-9-19-37/h1-30,42,44H. The summed E-state index contributed by atoms with van der Waals surface area (Å²) in [5.74, 6) is -0.319. The monoisotopic (exact) mass is 688 g/mol. The minimum Gasteiger partial charge on any atom is -0.309 e. The number of benzene rings is 7. The Balaban J connectivity index is 1.33. The zero-order valence-corrected chi connectivity index (χ0v) is 29.3. The van der Waals surface area contributed by atoms with Crippen LogP contribution in [0.5, 0.6) is 0 Å². The van der Waals surface area contributed by atoms with Crippen LogP contribution in [0.25, 0.3) is 60.6 Å². The fourth-order valence-electron chi connectivity index (χ4n) is 8.67. The molecule has 0 fully saturated rings. The van der Waals surface area contributed by atoms with E-state index in [1.165, 1.54) is 32.6 Å². The molecule has 4 heteroatoms. The molecule has 4 nitrogen and oxygen atoms in total. The van der Waals surface area contributed by atoms with E-state index in [4.69, 9.17) is 0 Å². The Bertz CT molecular complexity index is 3060. The maximum atomic E-state index is 10.4. The highest BCUT2D eigenvalue weighted by molar-refractivity contribution is 6.27. The maximum absolute atomic E-state index is 10.4. The van der Waals surface area contributed by atoms with Crippen LogP contribution in [0.3, 0.4) is 0 Å². The van der Waals surface area contributed by atoms with Crippen molar-refractivity contribution in [1.29, 1.82) is 10.5 Å². The highest BCUT2D eigenvalue weighted by Crippen LogP contribution is 2.49. The van der Waals surface area contributed by atoms with Gasteiger partial charge in [0.2, 0.25) is 0 Å². The van der Waals surface area contributed by atoms with E-state index >= 15 is 0 Å². The van der Waals surface area contributed by atoms with E-state index < -0.39 is 0 Å².